The molecule has 1 atom stereocenters. The molecule has 0 saturated carbocycles. The molecule has 0 spiro atoms. The quantitative estimate of drug-likeness (QED) is 0.428. The van der Waals surface area contributed by atoms with Gasteiger partial charge < -0.3 is 19.1 Å². The molecule has 0 unspecified atom stereocenters. The van der Waals surface area contributed by atoms with Gasteiger partial charge in [0.2, 0.25) is 0 Å². The van der Waals surface area contributed by atoms with E-state index in [1.54, 1.807) is 17.5 Å². The number of nitrogens with zero attached hydrogens (tertiary/aromatic N) is 5. The van der Waals surface area contributed by atoms with Gasteiger partial charge in [0.1, 0.15) is 11.4 Å². The summed E-state index contributed by atoms with van der Waals surface area (Å²) in [6.07, 6.45) is 3.69. The number of thiophene rings is 1. The normalized spacial score (nSPS) is 17.0. The Bertz CT molecular complexity index is 1430. The zero-order chi connectivity index (χ0) is 21.8. The van der Waals surface area contributed by atoms with E-state index in [0.717, 1.165) is 61.8 Å². The Morgan fingerprint density at radius 3 is 2.91 bits per heavy atom. The van der Waals surface area contributed by atoms with Gasteiger partial charge in [0.25, 0.3) is 0 Å². The summed E-state index contributed by atoms with van der Waals surface area (Å²) in [7, 11) is 0. The lowest BCUT2D eigenvalue weighted by Gasteiger charge is -2.34. The van der Waals surface area contributed by atoms with Crippen LogP contribution in [0.4, 0.5) is 5.82 Å². The summed E-state index contributed by atoms with van der Waals surface area (Å²) in [4.78, 5) is 20.1. The molecule has 1 saturated heterocycles. The highest BCUT2D eigenvalue weighted by Gasteiger charge is 2.27. The zero-order valence-corrected chi connectivity index (χ0v) is 18.9. The lowest BCUT2D eigenvalue weighted by molar-refractivity contribution is 0.0987. The Hall–Kier alpha value is -3.30. The van der Waals surface area contributed by atoms with Gasteiger partial charge in [-0.2, -0.15) is 0 Å². The largest absolute Gasteiger partial charge is 0.377 e. The smallest absolute Gasteiger partial charge is 0.163 e. The van der Waals surface area contributed by atoms with Crippen molar-refractivity contribution in [3.63, 3.8) is 0 Å². The van der Waals surface area contributed by atoms with E-state index in [9.17, 15) is 0 Å². The molecule has 1 aliphatic rings. The number of pyridine rings is 1. The van der Waals surface area contributed by atoms with E-state index in [1.165, 1.54) is 0 Å². The molecule has 162 valence electrons. The Labute approximate surface area is 188 Å². The van der Waals surface area contributed by atoms with Crippen LogP contribution in [0.1, 0.15) is 18.4 Å². The highest BCUT2D eigenvalue weighted by molar-refractivity contribution is 7.18. The van der Waals surface area contributed by atoms with Crippen LogP contribution in [0.2, 0.25) is 0 Å². The average molecular weight is 447 g/mol. The predicted octanol–water partition coefficient (Wildman–Crippen LogP) is 4.73. The molecule has 0 aromatic carbocycles. The number of morpholine rings is 1. The maximum absolute atomic E-state index is 5.69. The van der Waals surface area contributed by atoms with Crippen molar-refractivity contribution in [2.45, 2.75) is 26.8 Å². The van der Waals surface area contributed by atoms with Gasteiger partial charge in [0.05, 0.1) is 40.7 Å². The lowest BCUT2D eigenvalue weighted by atomic mass is 10.1. The standard InChI is InChI=1S/C23H22N6O2S/c1-12-10-30-9-8-29(12)23-20-19(17(11-32-20)18-13(2)28-31-14(18)3)26-22(27-23)16-5-7-25-21-15(16)4-6-24-21/h4-7,11-12H,8-10H2,1-3H3,(H,24,25)/t12-/m1/s1. The summed E-state index contributed by atoms with van der Waals surface area (Å²) in [5.74, 6) is 2.43. The number of fused-ring (bicyclic) bond motifs is 2. The van der Waals surface area contributed by atoms with Crippen molar-refractivity contribution < 1.29 is 9.26 Å². The number of nitrogens with one attached hydrogen (secondary N) is 1. The van der Waals surface area contributed by atoms with Gasteiger partial charge in [0, 0.05) is 40.8 Å². The molecular formula is C23H22N6O2S. The maximum atomic E-state index is 5.69. The van der Waals surface area contributed by atoms with Crippen molar-refractivity contribution in [2.24, 2.45) is 0 Å². The highest BCUT2D eigenvalue weighted by atomic mass is 32.1. The number of rotatable bonds is 3. The van der Waals surface area contributed by atoms with Crippen LogP contribution in [0.15, 0.2) is 34.4 Å². The molecule has 8 nitrogen and oxygen atoms in total. The summed E-state index contributed by atoms with van der Waals surface area (Å²) in [5, 5.41) is 7.31. The third kappa shape index (κ3) is 2.92. The van der Waals surface area contributed by atoms with Crippen molar-refractivity contribution >= 4 is 38.4 Å². The monoisotopic (exact) mass is 446 g/mol. The summed E-state index contributed by atoms with van der Waals surface area (Å²) < 4.78 is 12.2. The van der Waals surface area contributed by atoms with Gasteiger partial charge >= 0.3 is 0 Å². The molecular weight excluding hydrogens is 424 g/mol. The van der Waals surface area contributed by atoms with E-state index in [2.05, 4.69) is 32.3 Å². The maximum Gasteiger partial charge on any atom is 0.163 e. The number of aromatic amines is 1. The first kappa shape index (κ1) is 19.4. The molecule has 0 radical (unpaired) electrons. The number of aryl methyl sites for hydroxylation is 2. The fourth-order valence-corrected chi connectivity index (χ4v) is 5.46. The van der Waals surface area contributed by atoms with Gasteiger partial charge in [0.15, 0.2) is 11.6 Å². The van der Waals surface area contributed by atoms with E-state index in [4.69, 9.17) is 19.2 Å². The first-order chi connectivity index (χ1) is 15.6. The molecule has 9 heteroatoms. The summed E-state index contributed by atoms with van der Waals surface area (Å²) in [6.45, 7) is 8.24. The molecule has 6 rings (SSSR count). The van der Waals surface area contributed by atoms with Crippen molar-refractivity contribution in [1.29, 1.82) is 0 Å². The fraction of sp³-hybridized carbons (Fsp3) is 0.304. The molecule has 1 aliphatic heterocycles. The second kappa shape index (κ2) is 7.39. The van der Waals surface area contributed by atoms with Crippen LogP contribution >= 0.6 is 11.3 Å². The highest BCUT2D eigenvalue weighted by Crippen LogP contribution is 2.42. The zero-order valence-electron chi connectivity index (χ0n) is 18.0. The molecule has 32 heavy (non-hydrogen) atoms. The topological polar surface area (TPSA) is 93.0 Å². The van der Waals surface area contributed by atoms with E-state index >= 15 is 0 Å². The number of hydrogen-bond donors (Lipinski definition) is 1. The van der Waals surface area contributed by atoms with Crippen molar-refractivity contribution in [3.05, 3.63) is 41.4 Å². The minimum atomic E-state index is 0.226. The van der Waals surface area contributed by atoms with Gasteiger partial charge in [-0.25, -0.2) is 15.0 Å². The Kier molecular flexibility index (Phi) is 4.48. The van der Waals surface area contributed by atoms with Crippen molar-refractivity contribution in [2.75, 3.05) is 24.7 Å². The van der Waals surface area contributed by atoms with E-state index in [-0.39, 0.29) is 6.04 Å². The number of H-pyrrole nitrogens is 1. The molecule has 1 N–H and O–H groups in total. The minimum absolute atomic E-state index is 0.226. The van der Waals surface area contributed by atoms with Gasteiger partial charge in [-0.1, -0.05) is 5.16 Å². The first-order valence-corrected chi connectivity index (χ1v) is 11.5. The predicted molar refractivity (Wildman–Crippen MR) is 125 cm³/mol. The Morgan fingerprint density at radius 1 is 1.19 bits per heavy atom. The molecule has 6 heterocycles. The van der Waals surface area contributed by atoms with Crippen molar-refractivity contribution in [1.82, 2.24) is 25.1 Å². The van der Waals surface area contributed by atoms with Crippen LogP contribution in [0.25, 0.3) is 43.8 Å². The van der Waals surface area contributed by atoms with Crippen molar-refractivity contribution in [3.8, 4) is 22.5 Å². The van der Waals surface area contributed by atoms with Gasteiger partial charge in [-0.05, 0) is 32.9 Å². The molecule has 1 fully saturated rings. The molecule has 0 aliphatic carbocycles. The number of aromatic nitrogens is 5. The summed E-state index contributed by atoms with van der Waals surface area (Å²) in [6, 6.07) is 4.22. The minimum Gasteiger partial charge on any atom is -0.377 e. The van der Waals surface area contributed by atoms with Crippen LogP contribution < -0.4 is 4.90 Å². The van der Waals surface area contributed by atoms with E-state index in [1.807, 2.05) is 32.2 Å². The molecule has 0 amide bonds. The molecule has 5 aromatic heterocycles. The number of ether oxygens (including phenoxy) is 1. The molecule has 0 bridgehead atoms. The van der Waals surface area contributed by atoms with Gasteiger partial charge in [-0.15, -0.1) is 11.3 Å². The van der Waals surface area contributed by atoms with Crippen LogP contribution in [0.5, 0.6) is 0 Å². The summed E-state index contributed by atoms with van der Waals surface area (Å²) >= 11 is 1.67. The van der Waals surface area contributed by atoms with E-state index in [0.29, 0.717) is 19.0 Å². The Balaban J connectivity index is 1.65. The second-order valence-corrected chi connectivity index (χ2v) is 8.99. The average Bonchev–Trinajstić information content (AvgIpc) is 3.52. The Morgan fingerprint density at radius 2 is 2.09 bits per heavy atom. The lowest BCUT2D eigenvalue weighted by Crippen LogP contribution is -2.44. The third-order valence-electron chi connectivity index (χ3n) is 6.04. The number of hydrogen-bond acceptors (Lipinski definition) is 8. The molecule has 5 aromatic rings. The fourth-order valence-electron chi connectivity index (χ4n) is 4.46. The second-order valence-electron chi connectivity index (χ2n) is 8.11. The van der Waals surface area contributed by atoms with E-state index < -0.39 is 0 Å². The van der Waals surface area contributed by atoms with Crippen LogP contribution in [0.3, 0.4) is 0 Å². The first-order valence-electron chi connectivity index (χ1n) is 10.6. The van der Waals surface area contributed by atoms with Crippen LogP contribution in [0, 0.1) is 13.8 Å². The number of anilines is 1. The third-order valence-corrected chi connectivity index (χ3v) is 7.01. The summed E-state index contributed by atoms with van der Waals surface area (Å²) in [5.41, 5.74) is 5.60. The van der Waals surface area contributed by atoms with Crippen LogP contribution in [-0.2, 0) is 4.74 Å². The van der Waals surface area contributed by atoms with Crippen LogP contribution in [-0.4, -0.2) is 50.9 Å². The SMILES string of the molecule is Cc1noc(C)c1-c1csc2c(N3CCOC[C@H]3C)nc(-c3ccnc4[nH]ccc34)nc12. The van der Waals surface area contributed by atoms with Gasteiger partial charge in [-0.3, -0.25) is 0 Å².